The van der Waals surface area contributed by atoms with Crippen molar-refractivity contribution in [2.75, 3.05) is 6.61 Å². The zero-order valence-corrected chi connectivity index (χ0v) is 14.7. The maximum Gasteiger partial charge on any atom is 0.159 e. The van der Waals surface area contributed by atoms with Crippen LogP contribution in [-0.4, -0.2) is 16.6 Å². The van der Waals surface area contributed by atoms with Gasteiger partial charge < -0.3 is 4.74 Å². The molecule has 3 nitrogen and oxygen atoms in total. The van der Waals surface area contributed by atoms with E-state index < -0.39 is 0 Å². The molecule has 0 N–H and O–H groups in total. The van der Waals surface area contributed by atoms with Crippen LogP contribution in [0.2, 0.25) is 0 Å². The van der Waals surface area contributed by atoms with Gasteiger partial charge in [-0.2, -0.15) is 0 Å². The van der Waals surface area contributed by atoms with E-state index in [4.69, 9.17) is 16.3 Å². The molecule has 1 aliphatic rings. The minimum absolute atomic E-state index is 0.625. The maximum atomic E-state index is 5.69. The van der Waals surface area contributed by atoms with E-state index in [0.717, 1.165) is 11.4 Å². The predicted octanol–water partition coefficient (Wildman–Crippen LogP) is 5.57. The molecule has 1 aliphatic carbocycles. The standard InChI is InChI=1S/C20H23ClN2O/c1-2-24-19-13-22-20(23-14-19)18-9-7-17(8-10-18)16-5-3-15(4-6-16)11-12-21/h7-16H,2-6H2,1H3. The highest BCUT2D eigenvalue weighted by Gasteiger charge is 2.20. The van der Waals surface area contributed by atoms with E-state index in [1.807, 2.05) is 6.92 Å². The first-order valence-corrected chi connectivity index (χ1v) is 9.06. The fraction of sp³-hybridized carbons (Fsp3) is 0.400. The van der Waals surface area contributed by atoms with Crippen molar-refractivity contribution in [3.8, 4) is 17.1 Å². The summed E-state index contributed by atoms with van der Waals surface area (Å²) in [4.78, 5) is 8.77. The van der Waals surface area contributed by atoms with Gasteiger partial charge in [0, 0.05) is 11.1 Å². The third kappa shape index (κ3) is 4.15. The topological polar surface area (TPSA) is 35.0 Å². The van der Waals surface area contributed by atoms with Gasteiger partial charge in [0.25, 0.3) is 0 Å². The van der Waals surface area contributed by atoms with Gasteiger partial charge >= 0.3 is 0 Å². The summed E-state index contributed by atoms with van der Waals surface area (Å²) in [6, 6.07) is 8.68. The zero-order chi connectivity index (χ0) is 16.8. The molecule has 1 aromatic heterocycles. The van der Waals surface area contributed by atoms with Crippen LogP contribution < -0.4 is 4.74 Å². The molecule has 0 aliphatic heterocycles. The van der Waals surface area contributed by atoms with E-state index in [-0.39, 0.29) is 0 Å². The first kappa shape index (κ1) is 17.0. The van der Waals surface area contributed by atoms with Crippen LogP contribution in [0.25, 0.3) is 11.4 Å². The van der Waals surface area contributed by atoms with Gasteiger partial charge in [0.15, 0.2) is 11.6 Å². The van der Waals surface area contributed by atoms with Crippen LogP contribution in [0.15, 0.2) is 48.3 Å². The Morgan fingerprint density at radius 2 is 1.75 bits per heavy atom. The molecule has 1 fully saturated rings. The number of nitrogens with zero attached hydrogens (tertiary/aromatic N) is 2. The summed E-state index contributed by atoms with van der Waals surface area (Å²) in [5, 5.41) is 0. The monoisotopic (exact) mass is 342 g/mol. The van der Waals surface area contributed by atoms with Gasteiger partial charge in [0.1, 0.15) is 0 Å². The van der Waals surface area contributed by atoms with Crippen LogP contribution >= 0.6 is 11.6 Å². The van der Waals surface area contributed by atoms with Crippen LogP contribution in [0.3, 0.4) is 0 Å². The summed E-state index contributed by atoms with van der Waals surface area (Å²) >= 11 is 5.69. The van der Waals surface area contributed by atoms with Gasteiger partial charge in [-0.15, -0.1) is 0 Å². The molecule has 0 bridgehead atoms. The summed E-state index contributed by atoms with van der Waals surface area (Å²) in [5.41, 5.74) is 4.12. The first-order chi connectivity index (χ1) is 11.8. The zero-order valence-electron chi connectivity index (χ0n) is 14.0. The summed E-state index contributed by atoms with van der Waals surface area (Å²) in [6.45, 7) is 2.58. The molecule has 4 heteroatoms. The molecule has 3 rings (SSSR count). The first-order valence-electron chi connectivity index (χ1n) is 8.62. The van der Waals surface area contributed by atoms with Gasteiger partial charge in [0.05, 0.1) is 19.0 Å². The van der Waals surface area contributed by atoms with Crippen molar-refractivity contribution in [2.24, 2.45) is 5.92 Å². The quantitative estimate of drug-likeness (QED) is 0.712. The molecule has 1 saturated carbocycles. The second-order valence-electron chi connectivity index (χ2n) is 6.23. The molecule has 1 aromatic carbocycles. The van der Waals surface area contributed by atoms with E-state index in [0.29, 0.717) is 24.2 Å². The molecule has 126 valence electrons. The van der Waals surface area contributed by atoms with Crippen LogP contribution in [-0.2, 0) is 0 Å². The lowest BCUT2D eigenvalue weighted by atomic mass is 9.78. The molecular weight excluding hydrogens is 320 g/mol. The average Bonchev–Trinajstić information content (AvgIpc) is 2.64. The number of allylic oxidation sites excluding steroid dienone is 1. The number of hydrogen-bond acceptors (Lipinski definition) is 3. The molecule has 0 spiro atoms. The third-order valence-corrected chi connectivity index (χ3v) is 4.84. The maximum absolute atomic E-state index is 5.69. The fourth-order valence-electron chi connectivity index (χ4n) is 3.36. The molecule has 2 aromatic rings. The van der Waals surface area contributed by atoms with Crippen molar-refractivity contribution < 1.29 is 4.74 Å². The van der Waals surface area contributed by atoms with Crippen molar-refractivity contribution >= 4 is 11.6 Å². The highest BCUT2D eigenvalue weighted by molar-refractivity contribution is 6.25. The number of aromatic nitrogens is 2. The molecule has 24 heavy (non-hydrogen) atoms. The van der Waals surface area contributed by atoms with Crippen LogP contribution in [0.1, 0.15) is 44.1 Å². The minimum atomic E-state index is 0.625. The number of hydrogen-bond donors (Lipinski definition) is 0. The predicted molar refractivity (Wildman–Crippen MR) is 98.3 cm³/mol. The largest absolute Gasteiger partial charge is 0.491 e. The molecule has 0 unspecified atom stereocenters. The van der Waals surface area contributed by atoms with E-state index in [1.165, 1.54) is 31.2 Å². The number of benzene rings is 1. The van der Waals surface area contributed by atoms with E-state index >= 15 is 0 Å². The summed E-state index contributed by atoms with van der Waals surface area (Å²) in [7, 11) is 0. The van der Waals surface area contributed by atoms with E-state index in [1.54, 1.807) is 17.9 Å². The summed E-state index contributed by atoms with van der Waals surface area (Å²) in [6.07, 6.45) is 10.5. The Kier molecular flexibility index (Phi) is 5.86. The summed E-state index contributed by atoms with van der Waals surface area (Å²) < 4.78 is 5.38. The van der Waals surface area contributed by atoms with Crippen LogP contribution in [0, 0.1) is 5.92 Å². The molecule has 0 saturated heterocycles. The lowest BCUT2D eigenvalue weighted by Gasteiger charge is -2.27. The number of ether oxygens (including phenoxy) is 1. The van der Waals surface area contributed by atoms with Crippen molar-refractivity contribution in [3.63, 3.8) is 0 Å². The fourth-order valence-corrected chi connectivity index (χ4v) is 3.56. The Balaban J connectivity index is 1.65. The van der Waals surface area contributed by atoms with Crippen LogP contribution in [0.4, 0.5) is 0 Å². The van der Waals surface area contributed by atoms with Gasteiger partial charge in [-0.3, -0.25) is 0 Å². The average molecular weight is 343 g/mol. The second-order valence-corrected chi connectivity index (χ2v) is 6.48. The highest BCUT2D eigenvalue weighted by Crippen LogP contribution is 2.36. The Hall–Kier alpha value is -1.87. The molecule has 0 amide bonds. The molecule has 0 atom stereocenters. The highest BCUT2D eigenvalue weighted by atomic mass is 35.5. The minimum Gasteiger partial charge on any atom is -0.491 e. The van der Waals surface area contributed by atoms with Crippen molar-refractivity contribution in [1.82, 2.24) is 9.97 Å². The van der Waals surface area contributed by atoms with Crippen molar-refractivity contribution in [1.29, 1.82) is 0 Å². The lowest BCUT2D eigenvalue weighted by Crippen LogP contribution is -2.11. The lowest BCUT2D eigenvalue weighted by molar-refractivity contribution is 0.337. The number of halogens is 1. The number of rotatable bonds is 5. The normalized spacial score (nSPS) is 21.1. The second kappa shape index (κ2) is 8.29. The van der Waals surface area contributed by atoms with Gasteiger partial charge in [0.2, 0.25) is 0 Å². The van der Waals surface area contributed by atoms with E-state index in [9.17, 15) is 0 Å². The smallest absolute Gasteiger partial charge is 0.159 e. The van der Waals surface area contributed by atoms with E-state index in [2.05, 4.69) is 40.3 Å². The molecule has 0 radical (unpaired) electrons. The summed E-state index contributed by atoms with van der Waals surface area (Å²) in [5.74, 6) is 2.75. The van der Waals surface area contributed by atoms with Gasteiger partial charge in [-0.25, -0.2) is 9.97 Å². The van der Waals surface area contributed by atoms with Crippen molar-refractivity contribution in [2.45, 2.75) is 38.5 Å². The van der Waals surface area contributed by atoms with Gasteiger partial charge in [-0.05, 0) is 50.0 Å². The Labute approximate surface area is 148 Å². The molecular formula is C20H23ClN2O. The SMILES string of the molecule is CCOc1cnc(-c2ccc(C3CCC(C=CCl)CC3)cc2)nc1. The Morgan fingerprint density at radius 3 is 2.33 bits per heavy atom. The molecule has 1 heterocycles. The Morgan fingerprint density at radius 1 is 1.08 bits per heavy atom. The Bertz CT molecular complexity index is 659. The third-order valence-electron chi connectivity index (χ3n) is 4.70. The van der Waals surface area contributed by atoms with Crippen molar-refractivity contribution in [3.05, 3.63) is 53.8 Å². The van der Waals surface area contributed by atoms with Gasteiger partial charge in [-0.1, -0.05) is 41.9 Å². The van der Waals surface area contributed by atoms with Crippen LogP contribution in [0.5, 0.6) is 5.75 Å².